The Bertz CT molecular complexity index is 588. The molecule has 2 aromatic heterocycles. The largest absolute Gasteiger partial charge is 0.310 e. The summed E-state index contributed by atoms with van der Waals surface area (Å²) < 4.78 is 0. The summed E-state index contributed by atoms with van der Waals surface area (Å²) in [6.07, 6.45) is 3.60. The fourth-order valence-corrected chi connectivity index (χ4v) is 1.68. The van der Waals surface area contributed by atoms with Crippen LogP contribution in [-0.4, -0.2) is 26.1 Å². The number of nitrogens with zero attached hydrogens (tertiary/aromatic N) is 3. The van der Waals surface area contributed by atoms with Gasteiger partial charge < -0.3 is 5.32 Å². The normalized spacial score (nSPS) is 14.5. The zero-order valence-electron chi connectivity index (χ0n) is 9.97. The molecule has 0 aliphatic heterocycles. The summed E-state index contributed by atoms with van der Waals surface area (Å²) in [7, 11) is 0. The van der Waals surface area contributed by atoms with Gasteiger partial charge in [0.2, 0.25) is 5.91 Å². The van der Waals surface area contributed by atoms with Crippen LogP contribution >= 0.6 is 0 Å². The Hall–Kier alpha value is -2.24. The number of rotatable bonds is 3. The average Bonchev–Trinajstić information content (AvgIpc) is 3.12. The molecule has 0 aromatic carbocycles. The van der Waals surface area contributed by atoms with Gasteiger partial charge >= 0.3 is 0 Å². The first kappa shape index (κ1) is 10.9. The Morgan fingerprint density at radius 3 is 3.00 bits per heavy atom. The molecule has 2 heterocycles. The molecular formula is C12H13N5O. The summed E-state index contributed by atoms with van der Waals surface area (Å²) in [5, 5.41) is 9.67. The number of hydrogen-bond acceptors (Lipinski definition) is 4. The van der Waals surface area contributed by atoms with Crippen molar-refractivity contribution in [3.63, 3.8) is 0 Å². The molecule has 0 unspecified atom stereocenters. The number of amides is 1. The maximum atomic E-state index is 11.6. The Kier molecular flexibility index (Phi) is 2.55. The lowest BCUT2D eigenvalue weighted by molar-refractivity contribution is -0.117. The van der Waals surface area contributed by atoms with Gasteiger partial charge in [0.25, 0.3) is 0 Å². The molecule has 18 heavy (non-hydrogen) atoms. The highest BCUT2D eigenvalue weighted by molar-refractivity contribution is 5.93. The van der Waals surface area contributed by atoms with Crippen LogP contribution in [0, 0.1) is 12.8 Å². The molecule has 2 aromatic rings. The number of pyridine rings is 1. The first-order valence-corrected chi connectivity index (χ1v) is 5.88. The topological polar surface area (TPSA) is 83.6 Å². The summed E-state index contributed by atoms with van der Waals surface area (Å²) in [5.74, 6) is 2.13. The van der Waals surface area contributed by atoms with Gasteiger partial charge in [0.15, 0.2) is 5.82 Å². The van der Waals surface area contributed by atoms with E-state index in [0.29, 0.717) is 11.6 Å². The number of hydrogen-bond donors (Lipinski definition) is 2. The van der Waals surface area contributed by atoms with Crippen LogP contribution in [0.1, 0.15) is 18.7 Å². The van der Waals surface area contributed by atoms with Crippen LogP contribution in [0.5, 0.6) is 0 Å². The summed E-state index contributed by atoms with van der Waals surface area (Å²) in [6, 6.07) is 3.60. The molecule has 0 bridgehead atoms. The maximum Gasteiger partial charge on any atom is 0.228 e. The lowest BCUT2D eigenvalue weighted by Crippen LogP contribution is -2.14. The zero-order valence-corrected chi connectivity index (χ0v) is 9.97. The van der Waals surface area contributed by atoms with E-state index >= 15 is 0 Å². The number of anilines is 1. The van der Waals surface area contributed by atoms with E-state index in [-0.39, 0.29) is 11.8 Å². The van der Waals surface area contributed by atoms with E-state index in [1.165, 1.54) is 0 Å². The maximum absolute atomic E-state index is 11.6. The molecule has 92 valence electrons. The molecule has 0 spiro atoms. The third-order valence-corrected chi connectivity index (χ3v) is 2.81. The van der Waals surface area contributed by atoms with E-state index < -0.39 is 0 Å². The fraction of sp³-hybridized carbons (Fsp3) is 0.333. The Morgan fingerprint density at radius 2 is 2.33 bits per heavy atom. The molecular weight excluding hydrogens is 230 g/mol. The van der Waals surface area contributed by atoms with Crippen LogP contribution in [0.3, 0.4) is 0 Å². The predicted octanol–water partition coefficient (Wildman–Crippen LogP) is 1.52. The quantitative estimate of drug-likeness (QED) is 0.856. The van der Waals surface area contributed by atoms with Crippen molar-refractivity contribution in [3.8, 4) is 11.4 Å². The second-order valence-corrected chi connectivity index (χ2v) is 4.44. The number of aromatic amines is 1. The van der Waals surface area contributed by atoms with Crippen molar-refractivity contribution in [1.29, 1.82) is 0 Å². The summed E-state index contributed by atoms with van der Waals surface area (Å²) in [5.41, 5.74) is 0.834. The molecule has 0 saturated heterocycles. The fourth-order valence-electron chi connectivity index (χ4n) is 1.68. The van der Waals surface area contributed by atoms with Crippen LogP contribution in [-0.2, 0) is 4.79 Å². The van der Waals surface area contributed by atoms with Crippen LogP contribution in [0.4, 0.5) is 5.82 Å². The molecule has 0 atom stereocenters. The lowest BCUT2D eigenvalue weighted by Gasteiger charge is -2.03. The van der Waals surface area contributed by atoms with Crippen molar-refractivity contribution in [1.82, 2.24) is 20.2 Å². The SMILES string of the molecule is Cc1nc(-c2ccnc(NC(=O)C3CC3)c2)n[nH]1. The van der Waals surface area contributed by atoms with E-state index in [1.807, 2.05) is 13.0 Å². The van der Waals surface area contributed by atoms with Crippen molar-refractivity contribution in [2.24, 2.45) is 5.92 Å². The number of carbonyl (C=O) groups is 1. The number of aryl methyl sites for hydroxylation is 1. The van der Waals surface area contributed by atoms with Crippen LogP contribution in [0.2, 0.25) is 0 Å². The van der Waals surface area contributed by atoms with Crippen LogP contribution in [0.15, 0.2) is 18.3 Å². The molecule has 3 rings (SSSR count). The predicted molar refractivity (Wildman–Crippen MR) is 65.7 cm³/mol. The lowest BCUT2D eigenvalue weighted by atomic mass is 10.2. The van der Waals surface area contributed by atoms with Crippen molar-refractivity contribution < 1.29 is 4.79 Å². The molecule has 6 nitrogen and oxygen atoms in total. The first-order valence-electron chi connectivity index (χ1n) is 5.88. The minimum Gasteiger partial charge on any atom is -0.310 e. The van der Waals surface area contributed by atoms with Gasteiger partial charge in [0, 0.05) is 17.7 Å². The third-order valence-electron chi connectivity index (χ3n) is 2.81. The zero-order chi connectivity index (χ0) is 12.5. The van der Waals surface area contributed by atoms with Gasteiger partial charge in [-0.1, -0.05) is 0 Å². The molecule has 2 N–H and O–H groups in total. The monoisotopic (exact) mass is 243 g/mol. The van der Waals surface area contributed by atoms with Gasteiger partial charge in [-0.25, -0.2) is 9.97 Å². The highest BCUT2D eigenvalue weighted by Gasteiger charge is 2.29. The van der Waals surface area contributed by atoms with Gasteiger partial charge in [0.05, 0.1) is 0 Å². The van der Waals surface area contributed by atoms with Crippen molar-refractivity contribution in [2.75, 3.05) is 5.32 Å². The van der Waals surface area contributed by atoms with Gasteiger partial charge in [-0.15, -0.1) is 0 Å². The molecule has 6 heteroatoms. The number of carbonyl (C=O) groups excluding carboxylic acids is 1. The van der Waals surface area contributed by atoms with Crippen LogP contribution < -0.4 is 5.32 Å². The van der Waals surface area contributed by atoms with Crippen molar-refractivity contribution >= 4 is 11.7 Å². The van der Waals surface area contributed by atoms with Crippen molar-refractivity contribution in [2.45, 2.75) is 19.8 Å². The van der Waals surface area contributed by atoms with Gasteiger partial charge in [-0.2, -0.15) is 5.10 Å². The smallest absolute Gasteiger partial charge is 0.228 e. The molecule has 1 amide bonds. The summed E-state index contributed by atoms with van der Waals surface area (Å²) in [6.45, 7) is 1.84. The Balaban J connectivity index is 1.82. The standard InChI is InChI=1S/C12H13N5O/c1-7-14-11(17-16-7)9-4-5-13-10(6-9)15-12(18)8-2-3-8/h4-6,8H,2-3H2,1H3,(H,13,15,18)(H,14,16,17). The number of nitrogens with one attached hydrogen (secondary N) is 2. The van der Waals surface area contributed by atoms with E-state index in [1.54, 1.807) is 12.3 Å². The minimum absolute atomic E-state index is 0.0471. The molecule has 1 fully saturated rings. The molecule has 1 saturated carbocycles. The minimum atomic E-state index is 0.0471. The van der Waals surface area contributed by atoms with E-state index in [4.69, 9.17) is 0 Å². The molecule has 1 aliphatic rings. The third kappa shape index (κ3) is 2.22. The highest BCUT2D eigenvalue weighted by atomic mass is 16.2. The van der Waals surface area contributed by atoms with E-state index in [2.05, 4.69) is 25.5 Å². The van der Waals surface area contributed by atoms with Gasteiger partial charge in [0.1, 0.15) is 11.6 Å². The second-order valence-electron chi connectivity index (χ2n) is 4.44. The van der Waals surface area contributed by atoms with Crippen LogP contribution in [0.25, 0.3) is 11.4 Å². The Labute approximate surface area is 104 Å². The first-order chi connectivity index (χ1) is 8.72. The summed E-state index contributed by atoms with van der Waals surface area (Å²) in [4.78, 5) is 20.0. The van der Waals surface area contributed by atoms with Crippen molar-refractivity contribution in [3.05, 3.63) is 24.2 Å². The average molecular weight is 243 g/mol. The second kappa shape index (κ2) is 4.21. The molecule has 0 radical (unpaired) electrons. The van der Waals surface area contributed by atoms with E-state index in [9.17, 15) is 4.79 Å². The van der Waals surface area contributed by atoms with E-state index in [0.717, 1.165) is 24.2 Å². The van der Waals surface area contributed by atoms with Gasteiger partial charge in [-0.3, -0.25) is 9.89 Å². The number of H-pyrrole nitrogens is 1. The Morgan fingerprint density at radius 1 is 1.50 bits per heavy atom. The highest BCUT2D eigenvalue weighted by Crippen LogP contribution is 2.30. The number of aromatic nitrogens is 4. The van der Waals surface area contributed by atoms with Gasteiger partial charge in [-0.05, 0) is 31.9 Å². The summed E-state index contributed by atoms with van der Waals surface area (Å²) >= 11 is 0. The molecule has 1 aliphatic carbocycles.